The molecule has 1 aromatic carbocycles. The van der Waals surface area contributed by atoms with Crippen molar-refractivity contribution in [1.29, 1.82) is 0 Å². The zero-order valence-corrected chi connectivity index (χ0v) is 23.9. The Morgan fingerprint density at radius 3 is 2.45 bits per heavy atom. The molecule has 0 spiro atoms. The number of carbonyl (C=O) groups is 1. The van der Waals surface area contributed by atoms with Gasteiger partial charge in [0, 0.05) is 23.8 Å². The molecule has 9 heteroatoms. The van der Waals surface area contributed by atoms with Crippen LogP contribution in [0.2, 0.25) is 0 Å². The van der Waals surface area contributed by atoms with Crippen LogP contribution in [0, 0.1) is 12.8 Å². The molecule has 1 atom stereocenters. The van der Waals surface area contributed by atoms with Gasteiger partial charge in [-0.15, -0.1) is 0 Å². The van der Waals surface area contributed by atoms with E-state index in [1.54, 1.807) is 24.3 Å². The van der Waals surface area contributed by atoms with Crippen LogP contribution in [0.1, 0.15) is 69.6 Å². The molecular weight excluding hydrogens is 500 g/mol. The summed E-state index contributed by atoms with van der Waals surface area (Å²) in [4.78, 5) is 24.2. The van der Waals surface area contributed by atoms with E-state index in [0.29, 0.717) is 17.5 Å². The smallest absolute Gasteiger partial charge is 0.281 e. The van der Waals surface area contributed by atoms with Crippen LogP contribution >= 0.6 is 0 Å². The highest BCUT2D eigenvalue weighted by Gasteiger charge is 2.39. The Balaban J connectivity index is 1.59. The summed E-state index contributed by atoms with van der Waals surface area (Å²) in [5, 5.41) is -0.313. The normalized spacial score (nSPS) is 17.3. The van der Waals surface area contributed by atoms with E-state index in [0.717, 1.165) is 24.2 Å². The molecule has 8 nitrogen and oxygen atoms in total. The van der Waals surface area contributed by atoms with Crippen molar-refractivity contribution in [3.8, 4) is 11.6 Å². The Hall–Kier alpha value is -3.46. The number of hydrogen-bond donors (Lipinski definition) is 1. The summed E-state index contributed by atoms with van der Waals surface area (Å²) in [7, 11) is -4.28. The average Bonchev–Trinajstić information content (AvgIpc) is 3.10. The molecule has 1 saturated heterocycles. The van der Waals surface area contributed by atoms with Gasteiger partial charge in [0.15, 0.2) is 5.03 Å². The van der Waals surface area contributed by atoms with Crippen molar-refractivity contribution in [1.82, 2.24) is 14.7 Å². The number of nitrogens with zero attached hydrogens (tertiary/aromatic N) is 3. The highest BCUT2D eigenvalue weighted by Crippen LogP contribution is 2.37. The molecule has 3 aromatic rings. The van der Waals surface area contributed by atoms with E-state index in [9.17, 15) is 13.2 Å². The predicted octanol–water partition coefficient (Wildman–Crippen LogP) is 5.62. The third kappa shape index (κ3) is 5.99. The lowest BCUT2D eigenvalue weighted by atomic mass is 9.87. The van der Waals surface area contributed by atoms with Gasteiger partial charge in [0.1, 0.15) is 11.6 Å². The first-order chi connectivity index (χ1) is 17.7. The number of aryl methyl sites for hydroxylation is 1. The minimum Gasteiger partial charge on any atom is -0.439 e. The molecule has 202 valence electrons. The molecule has 1 unspecified atom stereocenters. The van der Waals surface area contributed by atoms with Crippen molar-refractivity contribution in [2.24, 2.45) is 5.92 Å². The second kappa shape index (κ2) is 10.0. The molecule has 1 aliphatic heterocycles. The van der Waals surface area contributed by atoms with Gasteiger partial charge in [0.25, 0.3) is 15.9 Å². The van der Waals surface area contributed by atoms with E-state index >= 15 is 0 Å². The number of carbonyl (C=O) groups excluding carboxylic acids is 1. The van der Waals surface area contributed by atoms with E-state index < -0.39 is 15.9 Å². The molecule has 0 aliphatic carbocycles. The van der Waals surface area contributed by atoms with Crippen molar-refractivity contribution in [2.75, 3.05) is 11.4 Å². The maximum absolute atomic E-state index is 13.3. The SMILES string of the molecule is Cc1ccc(C(=O)NS(=O)(=O)c2cccc(Oc3cccc(C(C)(C)C)c3)n2)c(N2CC(C)CC2(C)C)n1. The van der Waals surface area contributed by atoms with Crippen LogP contribution in [0.3, 0.4) is 0 Å². The first-order valence-corrected chi connectivity index (χ1v) is 14.2. The van der Waals surface area contributed by atoms with E-state index in [1.807, 2.05) is 25.1 Å². The van der Waals surface area contributed by atoms with Crippen molar-refractivity contribution < 1.29 is 17.9 Å². The van der Waals surface area contributed by atoms with Crippen LogP contribution in [-0.4, -0.2) is 36.4 Å². The quantitative estimate of drug-likeness (QED) is 0.436. The molecule has 0 radical (unpaired) electrons. The highest BCUT2D eigenvalue weighted by molar-refractivity contribution is 7.90. The zero-order chi connectivity index (χ0) is 27.9. The number of anilines is 1. The summed E-state index contributed by atoms with van der Waals surface area (Å²) in [5.41, 5.74) is 1.73. The maximum Gasteiger partial charge on any atom is 0.281 e. The summed E-state index contributed by atoms with van der Waals surface area (Å²) in [5.74, 6) is 0.797. The summed E-state index contributed by atoms with van der Waals surface area (Å²) < 4.78 is 34.4. The lowest BCUT2D eigenvalue weighted by Gasteiger charge is -2.33. The van der Waals surface area contributed by atoms with Crippen molar-refractivity contribution in [2.45, 2.75) is 70.9 Å². The third-order valence-corrected chi connectivity index (χ3v) is 7.94. The van der Waals surface area contributed by atoms with Crippen molar-refractivity contribution >= 4 is 21.7 Å². The minimum absolute atomic E-state index is 0.0751. The number of hydrogen-bond acceptors (Lipinski definition) is 7. The fourth-order valence-corrected chi connectivity index (χ4v) is 5.79. The van der Waals surface area contributed by atoms with Crippen LogP contribution < -0.4 is 14.4 Å². The molecule has 4 rings (SSSR count). The maximum atomic E-state index is 13.3. The topological polar surface area (TPSA) is 101 Å². The Bertz CT molecular complexity index is 1460. The Labute approximate surface area is 225 Å². The largest absolute Gasteiger partial charge is 0.439 e. The third-order valence-electron chi connectivity index (χ3n) is 6.71. The van der Waals surface area contributed by atoms with Crippen LogP contribution in [0.15, 0.2) is 59.6 Å². The van der Waals surface area contributed by atoms with Crippen molar-refractivity contribution in [3.63, 3.8) is 0 Å². The Morgan fingerprint density at radius 1 is 1.08 bits per heavy atom. The number of ether oxygens (including phenoxy) is 1. The van der Waals surface area contributed by atoms with Gasteiger partial charge < -0.3 is 9.64 Å². The predicted molar refractivity (Wildman–Crippen MR) is 148 cm³/mol. The summed E-state index contributed by atoms with van der Waals surface area (Å²) in [6, 6.07) is 15.3. The van der Waals surface area contributed by atoms with Gasteiger partial charge >= 0.3 is 0 Å². The molecule has 1 fully saturated rings. The van der Waals surface area contributed by atoms with Crippen LogP contribution in [-0.2, 0) is 15.4 Å². The molecule has 0 saturated carbocycles. The number of sulfonamides is 1. The molecule has 1 amide bonds. The van der Waals surface area contributed by atoms with Gasteiger partial charge in [0.2, 0.25) is 5.88 Å². The van der Waals surface area contributed by atoms with E-state index in [2.05, 4.69) is 61.1 Å². The number of amides is 1. The fraction of sp³-hybridized carbons (Fsp3) is 0.414. The second-order valence-electron chi connectivity index (χ2n) is 11.7. The first-order valence-electron chi connectivity index (χ1n) is 12.7. The van der Waals surface area contributed by atoms with E-state index in [-0.39, 0.29) is 27.4 Å². The second-order valence-corrected chi connectivity index (χ2v) is 13.3. The number of rotatable bonds is 6. The van der Waals surface area contributed by atoms with Crippen LogP contribution in [0.4, 0.5) is 5.82 Å². The first kappa shape index (κ1) is 27.6. The summed E-state index contributed by atoms with van der Waals surface area (Å²) >= 11 is 0. The number of aromatic nitrogens is 2. The molecule has 38 heavy (non-hydrogen) atoms. The highest BCUT2D eigenvalue weighted by atomic mass is 32.2. The molecule has 3 heterocycles. The van der Waals surface area contributed by atoms with Gasteiger partial charge in [-0.25, -0.2) is 9.71 Å². The van der Waals surface area contributed by atoms with Gasteiger partial charge in [-0.05, 0) is 74.4 Å². The monoisotopic (exact) mass is 536 g/mol. The fourth-order valence-electron chi connectivity index (χ4n) is 4.86. The lowest BCUT2D eigenvalue weighted by Crippen LogP contribution is -2.41. The Kier molecular flexibility index (Phi) is 7.27. The summed E-state index contributed by atoms with van der Waals surface area (Å²) in [6.07, 6.45) is 0.942. The number of benzene rings is 1. The van der Waals surface area contributed by atoms with E-state index in [1.165, 1.54) is 12.1 Å². The molecule has 1 aliphatic rings. The van der Waals surface area contributed by atoms with Crippen LogP contribution in [0.25, 0.3) is 0 Å². The molecule has 1 N–H and O–H groups in total. The van der Waals surface area contributed by atoms with Gasteiger partial charge in [0.05, 0.1) is 5.56 Å². The molecule has 2 aromatic heterocycles. The van der Waals surface area contributed by atoms with Crippen LogP contribution in [0.5, 0.6) is 11.6 Å². The Morgan fingerprint density at radius 2 is 1.79 bits per heavy atom. The standard InChI is InChI=1S/C29H36N4O4S/c1-19-17-29(6,7)33(18-19)26-23(15-14-20(2)30-26)27(34)32-38(35,36)25-13-9-12-24(31-25)37-22-11-8-10-21(16-22)28(3,4)5/h8-16,19H,17-18H2,1-7H3,(H,32,34). The van der Waals surface area contributed by atoms with Crippen molar-refractivity contribution in [3.05, 3.63) is 71.4 Å². The van der Waals surface area contributed by atoms with Gasteiger partial charge in [-0.2, -0.15) is 13.4 Å². The van der Waals surface area contributed by atoms with E-state index in [4.69, 9.17) is 4.74 Å². The lowest BCUT2D eigenvalue weighted by molar-refractivity contribution is 0.0981. The number of nitrogens with one attached hydrogen (secondary N) is 1. The van der Waals surface area contributed by atoms with Gasteiger partial charge in [-0.3, -0.25) is 4.79 Å². The van der Waals surface area contributed by atoms with Gasteiger partial charge in [-0.1, -0.05) is 45.9 Å². The minimum atomic E-state index is -4.28. The summed E-state index contributed by atoms with van der Waals surface area (Å²) in [6.45, 7) is 15.2. The molecule has 0 bridgehead atoms. The average molecular weight is 537 g/mol. The number of pyridine rings is 2. The zero-order valence-electron chi connectivity index (χ0n) is 23.1. The molecular formula is C29H36N4O4S.